The van der Waals surface area contributed by atoms with Crippen molar-refractivity contribution in [1.82, 2.24) is 15.3 Å². The van der Waals surface area contributed by atoms with E-state index in [0.717, 1.165) is 37.5 Å². The maximum atomic E-state index is 13.2. The summed E-state index contributed by atoms with van der Waals surface area (Å²) in [7, 11) is 1.94. The Balaban J connectivity index is 1.70. The van der Waals surface area contributed by atoms with Crippen molar-refractivity contribution in [3.63, 3.8) is 0 Å². The molecule has 1 aliphatic heterocycles. The van der Waals surface area contributed by atoms with Gasteiger partial charge in [0.05, 0.1) is 0 Å². The zero-order chi connectivity index (χ0) is 17.1. The van der Waals surface area contributed by atoms with Crippen molar-refractivity contribution < 1.29 is 8.78 Å². The van der Waals surface area contributed by atoms with E-state index in [1.807, 2.05) is 13.1 Å². The zero-order valence-electron chi connectivity index (χ0n) is 13.4. The predicted octanol–water partition coefficient (Wildman–Crippen LogP) is 1.75. The number of nitrogens with one attached hydrogen (secondary N) is 2. The van der Waals surface area contributed by atoms with Crippen molar-refractivity contribution in [2.24, 2.45) is 0 Å². The minimum absolute atomic E-state index is 0.174. The Morgan fingerprint density at radius 3 is 2.79 bits per heavy atom. The lowest BCUT2D eigenvalue weighted by atomic mass is 10.2. The highest BCUT2D eigenvalue weighted by Crippen LogP contribution is 2.22. The van der Waals surface area contributed by atoms with E-state index < -0.39 is 11.6 Å². The molecule has 4 N–H and O–H groups in total. The van der Waals surface area contributed by atoms with Gasteiger partial charge >= 0.3 is 0 Å². The van der Waals surface area contributed by atoms with Crippen molar-refractivity contribution in [3.8, 4) is 0 Å². The van der Waals surface area contributed by atoms with Gasteiger partial charge in [0.25, 0.3) is 0 Å². The van der Waals surface area contributed by atoms with Gasteiger partial charge in [0, 0.05) is 31.7 Å². The molecule has 0 amide bonds. The molecule has 1 aromatic carbocycles. The summed E-state index contributed by atoms with van der Waals surface area (Å²) < 4.78 is 26.2. The molecule has 1 atom stereocenters. The fourth-order valence-corrected chi connectivity index (χ4v) is 2.75. The first kappa shape index (κ1) is 16.4. The molecule has 1 aliphatic rings. The Labute approximate surface area is 139 Å². The third-order valence-electron chi connectivity index (χ3n) is 4.11. The molecule has 2 aromatic rings. The van der Waals surface area contributed by atoms with Gasteiger partial charge in [-0.1, -0.05) is 6.07 Å². The standard InChI is InChI=1S/C16H20F2N6/c1-20-11-4-5-24(9-11)15-7-14(22-16(19)23-15)21-8-10-2-3-12(17)13(18)6-10/h2-3,6-7,11,20H,4-5,8-9H2,1H3,(H3,19,21,22,23)/t11-/m1/s1. The van der Waals surface area contributed by atoms with Crippen molar-refractivity contribution in [3.05, 3.63) is 41.5 Å². The van der Waals surface area contributed by atoms with E-state index >= 15 is 0 Å². The summed E-state index contributed by atoms with van der Waals surface area (Å²) >= 11 is 0. The van der Waals surface area contributed by atoms with Gasteiger partial charge in [-0.2, -0.15) is 9.97 Å². The Bertz CT molecular complexity index is 724. The van der Waals surface area contributed by atoms with Gasteiger partial charge in [0.15, 0.2) is 11.6 Å². The number of likely N-dealkylation sites (N-methyl/N-ethyl adjacent to an activating group) is 1. The number of halogens is 2. The first-order valence-corrected chi connectivity index (χ1v) is 7.79. The Hall–Kier alpha value is -2.48. The number of benzene rings is 1. The number of hydrogen-bond donors (Lipinski definition) is 3. The molecule has 0 bridgehead atoms. The van der Waals surface area contributed by atoms with E-state index in [1.165, 1.54) is 6.07 Å². The fourth-order valence-electron chi connectivity index (χ4n) is 2.75. The molecule has 8 heteroatoms. The normalized spacial score (nSPS) is 17.3. The number of hydrogen-bond acceptors (Lipinski definition) is 6. The van der Waals surface area contributed by atoms with Crippen LogP contribution in [0, 0.1) is 11.6 Å². The second-order valence-corrected chi connectivity index (χ2v) is 5.79. The lowest BCUT2D eigenvalue weighted by molar-refractivity contribution is 0.507. The zero-order valence-corrected chi connectivity index (χ0v) is 13.4. The summed E-state index contributed by atoms with van der Waals surface area (Å²) in [4.78, 5) is 10.6. The van der Waals surface area contributed by atoms with Crippen molar-refractivity contribution >= 4 is 17.6 Å². The molecule has 0 spiro atoms. The molecule has 1 saturated heterocycles. The largest absolute Gasteiger partial charge is 0.368 e. The van der Waals surface area contributed by atoms with Crippen LogP contribution >= 0.6 is 0 Å². The second-order valence-electron chi connectivity index (χ2n) is 5.79. The van der Waals surface area contributed by atoms with Gasteiger partial charge in [-0.05, 0) is 31.2 Å². The first-order chi connectivity index (χ1) is 11.5. The van der Waals surface area contributed by atoms with E-state index in [4.69, 9.17) is 5.73 Å². The van der Waals surface area contributed by atoms with Crippen LogP contribution in [0.5, 0.6) is 0 Å². The average Bonchev–Trinajstić information content (AvgIpc) is 3.05. The van der Waals surface area contributed by atoms with Gasteiger partial charge in [-0.15, -0.1) is 0 Å². The second kappa shape index (κ2) is 6.96. The molecule has 1 aromatic heterocycles. The van der Waals surface area contributed by atoms with Crippen LogP contribution in [-0.2, 0) is 6.54 Å². The van der Waals surface area contributed by atoms with Gasteiger partial charge in [-0.25, -0.2) is 8.78 Å². The number of aromatic nitrogens is 2. The van der Waals surface area contributed by atoms with Crippen LogP contribution in [0.3, 0.4) is 0 Å². The molecule has 1 fully saturated rings. The Morgan fingerprint density at radius 2 is 2.08 bits per heavy atom. The number of anilines is 3. The molecule has 3 rings (SSSR count). The third kappa shape index (κ3) is 3.70. The van der Waals surface area contributed by atoms with Gasteiger partial charge in [-0.3, -0.25) is 0 Å². The summed E-state index contributed by atoms with van der Waals surface area (Å²) in [6.07, 6.45) is 1.04. The molecule has 0 aliphatic carbocycles. The van der Waals surface area contributed by atoms with Gasteiger partial charge in [0.2, 0.25) is 5.95 Å². The minimum Gasteiger partial charge on any atom is -0.368 e. The highest BCUT2D eigenvalue weighted by molar-refractivity contribution is 5.53. The number of nitrogens with zero attached hydrogens (tertiary/aromatic N) is 3. The SMILES string of the molecule is CN[C@@H]1CCN(c2cc(NCc3ccc(F)c(F)c3)nc(N)n2)C1. The van der Waals surface area contributed by atoms with Crippen LogP contribution in [0.4, 0.5) is 26.4 Å². The lowest BCUT2D eigenvalue weighted by Crippen LogP contribution is -2.30. The van der Waals surface area contributed by atoms with Crippen LogP contribution in [0.25, 0.3) is 0 Å². The van der Waals surface area contributed by atoms with E-state index in [9.17, 15) is 8.78 Å². The molecule has 128 valence electrons. The first-order valence-electron chi connectivity index (χ1n) is 7.79. The predicted molar refractivity (Wildman–Crippen MR) is 89.8 cm³/mol. The third-order valence-corrected chi connectivity index (χ3v) is 4.11. The minimum atomic E-state index is -0.868. The summed E-state index contributed by atoms with van der Waals surface area (Å²) in [5, 5.41) is 6.33. The molecule has 24 heavy (non-hydrogen) atoms. The van der Waals surface area contributed by atoms with Crippen LogP contribution in [-0.4, -0.2) is 36.1 Å². The highest BCUT2D eigenvalue weighted by Gasteiger charge is 2.22. The topological polar surface area (TPSA) is 79.1 Å². The summed E-state index contributed by atoms with van der Waals surface area (Å²) in [5.41, 5.74) is 6.41. The van der Waals surface area contributed by atoms with Gasteiger partial charge < -0.3 is 21.3 Å². The maximum Gasteiger partial charge on any atom is 0.223 e. The molecule has 0 radical (unpaired) electrons. The smallest absolute Gasteiger partial charge is 0.223 e. The van der Waals surface area contributed by atoms with Crippen molar-refractivity contribution in [2.75, 3.05) is 36.1 Å². The number of rotatable bonds is 5. The number of nitrogens with two attached hydrogens (primary N) is 1. The Morgan fingerprint density at radius 1 is 1.25 bits per heavy atom. The fraction of sp³-hybridized carbons (Fsp3) is 0.375. The lowest BCUT2D eigenvalue weighted by Gasteiger charge is -2.18. The monoisotopic (exact) mass is 334 g/mol. The van der Waals surface area contributed by atoms with Crippen LogP contribution < -0.4 is 21.3 Å². The quantitative estimate of drug-likeness (QED) is 0.773. The molecule has 0 unspecified atom stereocenters. The van der Waals surface area contributed by atoms with Crippen molar-refractivity contribution in [2.45, 2.75) is 19.0 Å². The van der Waals surface area contributed by atoms with Crippen LogP contribution in [0.1, 0.15) is 12.0 Å². The molecule has 6 nitrogen and oxygen atoms in total. The maximum absolute atomic E-state index is 13.2. The highest BCUT2D eigenvalue weighted by atomic mass is 19.2. The Kier molecular flexibility index (Phi) is 4.75. The summed E-state index contributed by atoms with van der Waals surface area (Å²) in [5.74, 6) is -0.246. The van der Waals surface area contributed by atoms with E-state index in [-0.39, 0.29) is 5.95 Å². The van der Waals surface area contributed by atoms with E-state index in [2.05, 4.69) is 25.5 Å². The van der Waals surface area contributed by atoms with Crippen LogP contribution in [0.2, 0.25) is 0 Å². The molecular weight excluding hydrogens is 314 g/mol. The summed E-state index contributed by atoms with van der Waals surface area (Å²) in [6, 6.07) is 6.03. The summed E-state index contributed by atoms with van der Waals surface area (Å²) in [6.45, 7) is 2.06. The molecule has 0 saturated carbocycles. The van der Waals surface area contributed by atoms with Crippen molar-refractivity contribution in [1.29, 1.82) is 0 Å². The molecular formula is C16H20F2N6. The average molecular weight is 334 g/mol. The van der Waals surface area contributed by atoms with E-state index in [1.54, 1.807) is 0 Å². The van der Waals surface area contributed by atoms with Crippen LogP contribution in [0.15, 0.2) is 24.3 Å². The molecule has 2 heterocycles. The van der Waals surface area contributed by atoms with E-state index in [0.29, 0.717) is 24.0 Å². The number of nitrogen functional groups attached to an aromatic ring is 1. The van der Waals surface area contributed by atoms with Gasteiger partial charge in [0.1, 0.15) is 11.6 Å².